The van der Waals surface area contributed by atoms with Gasteiger partial charge in [-0.15, -0.1) is 0 Å². The largest absolute Gasteiger partial charge is 0.443 e. The molecule has 5 heteroatoms. The minimum absolute atomic E-state index is 0.204. The molecule has 2 aromatic rings. The zero-order chi connectivity index (χ0) is 11.4. The summed E-state index contributed by atoms with van der Waals surface area (Å²) in [7, 11) is 0. The SMILES string of the molecule is CCCNC(=O)Nc1ccc2ocnc2c1. The third-order valence-corrected chi connectivity index (χ3v) is 2.12. The van der Waals surface area contributed by atoms with Crippen molar-refractivity contribution < 1.29 is 9.21 Å². The van der Waals surface area contributed by atoms with E-state index in [0.717, 1.165) is 11.9 Å². The molecular formula is C11H13N3O2. The zero-order valence-electron chi connectivity index (χ0n) is 8.99. The topological polar surface area (TPSA) is 67.2 Å². The third-order valence-electron chi connectivity index (χ3n) is 2.12. The van der Waals surface area contributed by atoms with Crippen LogP contribution in [0.2, 0.25) is 0 Å². The molecule has 0 saturated heterocycles. The maximum Gasteiger partial charge on any atom is 0.319 e. The first-order chi connectivity index (χ1) is 7.79. The molecule has 0 unspecified atom stereocenters. The number of hydrogen-bond donors (Lipinski definition) is 2. The van der Waals surface area contributed by atoms with Gasteiger partial charge in [0.1, 0.15) is 5.52 Å². The Hall–Kier alpha value is -2.04. The minimum Gasteiger partial charge on any atom is -0.443 e. The molecule has 0 fully saturated rings. The lowest BCUT2D eigenvalue weighted by molar-refractivity contribution is 0.252. The Labute approximate surface area is 92.8 Å². The number of carbonyl (C=O) groups excluding carboxylic acids is 1. The van der Waals surface area contributed by atoms with Gasteiger partial charge in [-0.2, -0.15) is 0 Å². The van der Waals surface area contributed by atoms with Crippen LogP contribution in [0.1, 0.15) is 13.3 Å². The number of amides is 2. The highest BCUT2D eigenvalue weighted by Gasteiger charge is 2.03. The Kier molecular flexibility index (Phi) is 3.05. The highest BCUT2D eigenvalue weighted by atomic mass is 16.3. The van der Waals surface area contributed by atoms with Crippen LogP contribution >= 0.6 is 0 Å². The molecule has 5 nitrogen and oxygen atoms in total. The van der Waals surface area contributed by atoms with Gasteiger partial charge in [-0.05, 0) is 24.6 Å². The van der Waals surface area contributed by atoms with Crippen LogP contribution in [-0.2, 0) is 0 Å². The second-order valence-electron chi connectivity index (χ2n) is 3.42. The number of aromatic nitrogens is 1. The number of urea groups is 1. The van der Waals surface area contributed by atoms with E-state index in [2.05, 4.69) is 15.6 Å². The molecule has 0 atom stereocenters. The fourth-order valence-electron chi connectivity index (χ4n) is 1.35. The number of oxazole rings is 1. The van der Waals surface area contributed by atoms with Crippen LogP contribution in [0.4, 0.5) is 10.5 Å². The molecule has 2 N–H and O–H groups in total. The summed E-state index contributed by atoms with van der Waals surface area (Å²) in [4.78, 5) is 15.4. The van der Waals surface area contributed by atoms with E-state index in [4.69, 9.17) is 4.42 Å². The molecule has 0 spiro atoms. The normalized spacial score (nSPS) is 10.3. The van der Waals surface area contributed by atoms with Gasteiger partial charge in [-0.1, -0.05) is 6.92 Å². The van der Waals surface area contributed by atoms with Crippen molar-refractivity contribution in [3.8, 4) is 0 Å². The molecule has 1 aromatic heterocycles. The molecule has 0 aliphatic rings. The van der Waals surface area contributed by atoms with E-state index >= 15 is 0 Å². The second-order valence-corrected chi connectivity index (χ2v) is 3.42. The van der Waals surface area contributed by atoms with Crippen molar-refractivity contribution in [3.05, 3.63) is 24.6 Å². The average molecular weight is 219 g/mol. The van der Waals surface area contributed by atoms with Crippen molar-refractivity contribution >= 4 is 22.8 Å². The van der Waals surface area contributed by atoms with Gasteiger partial charge in [0.15, 0.2) is 12.0 Å². The van der Waals surface area contributed by atoms with Crippen molar-refractivity contribution in [2.24, 2.45) is 0 Å². The lowest BCUT2D eigenvalue weighted by atomic mass is 10.3. The monoisotopic (exact) mass is 219 g/mol. The summed E-state index contributed by atoms with van der Waals surface area (Å²) in [5, 5.41) is 5.46. The van der Waals surface area contributed by atoms with Crippen molar-refractivity contribution in [2.75, 3.05) is 11.9 Å². The molecule has 0 bridgehead atoms. The Morgan fingerprint density at radius 3 is 3.19 bits per heavy atom. The number of anilines is 1. The zero-order valence-corrected chi connectivity index (χ0v) is 8.99. The van der Waals surface area contributed by atoms with Gasteiger partial charge in [0.25, 0.3) is 0 Å². The summed E-state index contributed by atoms with van der Waals surface area (Å²) in [5.41, 5.74) is 2.14. The fourth-order valence-corrected chi connectivity index (χ4v) is 1.35. The maximum absolute atomic E-state index is 11.4. The number of rotatable bonds is 3. The van der Waals surface area contributed by atoms with Crippen molar-refractivity contribution in [3.63, 3.8) is 0 Å². The van der Waals surface area contributed by atoms with Crippen LogP contribution < -0.4 is 10.6 Å². The van der Waals surface area contributed by atoms with Crippen LogP contribution in [0.15, 0.2) is 29.0 Å². The van der Waals surface area contributed by atoms with Crippen molar-refractivity contribution in [1.29, 1.82) is 0 Å². The van der Waals surface area contributed by atoms with Crippen molar-refractivity contribution in [2.45, 2.75) is 13.3 Å². The lowest BCUT2D eigenvalue weighted by Gasteiger charge is -2.05. The highest BCUT2D eigenvalue weighted by molar-refractivity contribution is 5.91. The average Bonchev–Trinajstić information content (AvgIpc) is 2.73. The minimum atomic E-state index is -0.204. The van der Waals surface area contributed by atoms with Gasteiger partial charge in [0.05, 0.1) is 0 Å². The summed E-state index contributed by atoms with van der Waals surface area (Å²) in [6.07, 6.45) is 2.29. The summed E-state index contributed by atoms with van der Waals surface area (Å²) in [5.74, 6) is 0. The van der Waals surface area contributed by atoms with E-state index in [-0.39, 0.29) is 6.03 Å². The van der Waals surface area contributed by atoms with Crippen LogP contribution in [0.25, 0.3) is 11.1 Å². The summed E-state index contributed by atoms with van der Waals surface area (Å²) < 4.78 is 5.10. The first-order valence-corrected chi connectivity index (χ1v) is 5.17. The first kappa shape index (κ1) is 10.5. The van der Waals surface area contributed by atoms with Crippen LogP contribution in [-0.4, -0.2) is 17.6 Å². The highest BCUT2D eigenvalue weighted by Crippen LogP contribution is 2.17. The molecule has 0 radical (unpaired) electrons. The molecule has 2 amide bonds. The van der Waals surface area contributed by atoms with Crippen molar-refractivity contribution in [1.82, 2.24) is 10.3 Å². The lowest BCUT2D eigenvalue weighted by Crippen LogP contribution is -2.29. The Morgan fingerprint density at radius 1 is 1.50 bits per heavy atom. The van der Waals surface area contributed by atoms with E-state index in [1.165, 1.54) is 6.39 Å². The smallest absolute Gasteiger partial charge is 0.319 e. The Balaban J connectivity index is 2.06. The number of hydrogen-bond acceptors (Lipinski definition) is 3. The molecule has 0 aliphatic heterocycles. The van der Waals surface area contributed by atoms with Gasteiger partial charge < -0.3 is 15.1 Å². The molecule has 16 heavy (non-hydrogen) atoms. The van der Waals surface area contributed by atoms with E-state index in [1.807, 2.05) is 6.92 Å². The molecule has 0 saturated carbocycles. The van der Waals surface area contributed by atoms with E-state index in [0.29, 0.717) is 17.8 Å². The second kappa shape index (κ2) is 4.65. The van der Waals surface area contributed by atoms with Crippen LogP contribution in [0.5, 0.6) is 0 Å². The molecule has 2 rings (SSSR count). The molecular weight excluding hydrogens is 206 g/mol. The number of carbonyl (C=O) groups is 1. The van der Waals surface area contributed by atoms with Gasteiger partial charge in [-0.25, -0.2) is 9.78 Å². The fraction of sp³-hybridized carbons (Fsp3) is 0.273. The third kappa shape index (κ3) is 2.31. The Bertz CT molecular complexity index is 493. The van der Waals surface area contributed by atoms with Crippen LogP contribution in [0.3, 0.4) is 0 Å². The maximum atomic E-state index is 11.4. The van der Waals surface area contributed by atoms with Gasteiger partial charge >= 0.3 is 6.03 Å². The van der Waals surface area contributed by atoms with Gasteiger partial charge in [-0.3, -0.25) is 0 Å². The molecule has 0 aliphatic carbocycles. The Morgan fingerprint density at radius 2 is 2.38 bits per heavy atom. The van der Waals surface area contributed by atoms with E-state index in [9.17, 15) is 4.79 Å². The predicted octanol–water partition coefficient (Wildman–Crippen LogP) is 2.36. The summed E-state index contributed by atoms with van der Waals surface area (Å²) >= 11 is 0. The standard InChI is InChI=1S/C11H13N3O2/c1-2-5-12-11(15)14-8-3-4-10-9(6-8)13-7-16-10/h3-4,6-7H,2,5H2,1H3,(H2,12,14,15). The summed E-state index contributed by atoms with van der Waals surface area (Å²) in [6.45, 7) is 2.67. The van der Waals surface area contributed by atoms with Gasteiger partial charge in [0, 0.05) is 12.2 Å². The number of fused-ring (bicyclic) bond motifs is 1. The molecule has 1 heterocycles. The predicted molar refractivity (Wildman–Crippen MR) is 61.3 cm³/mol. The van der Waals surface area contributed by atoms with E-state index < -0.39 is 0 Å². The quantitative estimate of drug-likeness (QED) is 0.832. The number of benzene rings is 1. The molecule has 84 valence electrons. The molecule has 1 aromatic carbocycles. The van der Waals surface area contributed by atoms with Gasteiger partial charge in [0.2, 0.25) is 0 Å². The number of nitrogens with zero attached hydrogens (tertiary/aromatic N) is 1. The first-order valence-electron chi connectivity index (χ1n) is 5.17. The van der Waals surface area contributed by atoms with Crippen LogP contribution in [0, 0.1) is 0 Å². The van der Waals surface area contributed by atoms with E-state index in [1.54, 1.807) is 18.2 Å². The number of nitrogens with one attached hydrogen (secondary N) is 2. The summed E-state index contributed by atoms with van der Waals surface area (Å²) in [6, 6.07) is 5.12.